The Bertz CT molecular complexity index is 638. The fourth-order valence-corrected chi connectivity index (χ4v) is 2.43. The lowest BCUT2D eigenvalue weighted by Gasteiger charge is -2.25. The van der Waals surface area contributed by atoms with E-state index in [-0.39, 0.29) is 25.2 Å². The first-order valence-electron chi connectivity index (χ1n) is 9.55. The van der Waals surface area contributed by atoms with Gasteiger partial charge in [0.1, 0.15) is 18.1 Å². The number of nitrogens with two attached hydrogens (primary N) is 1. The van der Waals surface area contributed by atoms with Gasteiger partial charge in [-0.25, -0.2) is 4.79 Å². The normalized spacial score (nSPS) is 16.0. The molecular formula is C18H32N4O8. The van der Waals surface area contributed by atoms with E-state index in [1.807, 2.05) is 0 Å². The third kappa shape index (κ3) is 10.2. The number of hydrogen-bond acceptors (Lipinski definition) is 7. The van der Waals surface area contributed by atoms with Crippen LogP contribution in [0.4, 0.5) is 0 Å². The van der Waals surface area contributed by atoms with E-state index in [0.29, 0.717) is 0 Å². The van der Waals surface area contributed by atoms with Crippen LogP contribution in [-0.4, -0.2) is 75.3 Å². The highest BCUT2D eigenvalue weighted by Gasteiger charge is 2.31. The monoisotopic (exact) mass is 432 g/mol. The lowest BCUT2D eigenvalue weighted by atomic mass is 10.0. The molecule has 3 amide bonds. The predicted molar refractivity (Wildman–Crippen MR) is 105 cm³/mol. The Morgan fingerprint density at radius 3 is 1.87 bits per heavy atom. The molecule has 0 aliphatic carbocycles. The van der Waals surface area contributed by atoms with Gasteiger partial charge in [0.2, 0.25) is 17.7 Å². The van der Waals surface area contributed by atoms with Crippen LogP contribution in [-0.2, 0) is 24.0 Å². The third-order valence-electron chi connectivity index (χ3n) is 4.14. The minimum atomic E-state index is -1.45. The largest absolute Gasteiger partial charge is 0.481 e. The summed E-state index contributed by atoms with van der Waals surface area (Å²) in [5.74, 6) is -4.84. The van der Waals surface area contributed by atoms with Gasteiger partial charge in [-0.3, -0.25) is 19.2 Å². The zero-order chi connectivity index (χ0) is 23.6. The third-order valence-corrected chi connectivity index (χ3v) is 4.14. The fraction of sp³-hybridized carbons (Fsp3) is 0.722. The number of aliphatic hydroxyl groups excluding tert-OH is 1. The van der Waals surface area contributed by atoms with E-state index in [0.717, 1.165) is 0 Å². The van der Waals surface area contributed by atoms with Crippen molar-refractivity contribution >= 4 is 29.7 Å². The summed E-state index contributed by atoms with van der Waals surface area (Å²) >= 11 is 0. The highest BCUT2D eigenvalue weighted by atomic mass is 16.4. The summed E-state index contributed by atoms with van der Waals surface area (Å²) in [7, 11) is 0. The topological polar surface area (TPSA) is 208 Å². The van der Waals surface area contributed by atoms with E-state index in [1.54, 1.807) is 13.8 Å². The summed E-state index contributed by atoms with van der Waals surface area (Å²) in [6, 6.07) is -4.93. The molecule has 0 saturated carbocycles. The number of aliphatic hydroxyl groups is 1. The van der Waals surface area contributed by atoms with E-state index in [1.165, 1.54) is 13.8 Å². The van der Waals surface area contributed by atoms with Gasteiger partial charge in [-0.15, -0.1) is 0 Å². The number of amides is 3. The van der Waals surface area contributed by atoms with Crippen molar-refractivity contribution in [2.24, 2.45) is 11.7 Å². The van der Waals surface area contributed by atoms with Crippen molar-refractivity contribution in [3.05, 3.63) is 0 Å². The molecule has 0 bridgehead atoms. The van der Waals surface area contributed by atoms with Crippen molar-refractivity contribution in [2.75, 3.05) is 0 Å². The number of nitrogens with one attached hydrogen (secondary N) is 3. The zero-order valence-electron chi connectivity index (χ0n) is 17.5. The average molecular weight is 432 g/mol. The quantitative estimate of drug-likeness (QED) is 0.174. The van der Waals surface area contributed by atoms with Crippen LogP contribution < -0.4 is 21.7 Å². The molecule has 172 valence electrons. The zero-order valence-corrected chi connectivity index (χ0v) is 17.5. The van der Waals surface area contributed by atoms with E-state index in [4.69, 9.17) is 10.8 Å². The van der Waals surface area contributed by atoms with Crippen molar-refractivity contribution in [1.82, 2.24) is 16.0 Å². The predicted octanol–water partition coefficient (Wildman–Crippen LogP) is -1.84. The first-order chi connectivity index (χ1) is 13.8. The maximum absolute atomic E-state index is 12.4. The molecule has 0 rings (SSSR count). The Kier molecular flexibility index (Phi) is 11.6. The van der Waals surface area contributed by atoms with Gasteiger partial charge < -0.3 is 37.0 Å². The summed E-state index contributed by atoms with van der Waals surface area (Å²) in [5.41, 5.74) is 5.57. The Hall–Kier alpha value is -2.73. The molecule has 0 spiro atoms. The minimum Gasteiger partial charge on any atom is -0.481 e. The summed E-state index contributed by atoms with van der Waals surface area (Å²) in [6.07, 6.45) is -1.63. The molecule has 5 atom stereocenters. The van der Waals surface area contributed by atoms with Crippen molar-refractivity contribution < 1.29 is 39.3 Å². The summed E-state index contributed by atoms with van der Waals surface area (Å²) in [5, 5.41) is 34.5. The molecule has 12 heteroatoms. The van der Waals surface area contributed by atoms with Crippen molar-refractivity contribution in [3.8, 4) is 0 Å². The molecule has 0 aliphatic heterocycles. The van der Waals surface area contributed by atoms with Gasteiger partial charge in [0, 0.05) is 6.42 Å². The minimum absolute atomic E-state index is 0.0217. The van der Waals surface area contributed by atoms with Gasteiger partial charge in [0.05, 0.1) is 12.1 Å². The first-order valence-corrected chi connectivity index (χ1v) is 9.55. The fourth-order valence-electron chi connectivity index (χ4n) is 2.43. The van der Waals surface area contributed by atoms with Crippen LogP contribution in [0.5, 0.6) is 0 Å². The average Bonchev–Trinajstić information content (AvgIpc) is 2.61. The molecule has 0 aliphatic rings. The van der Waals surface area contributed by atoms with Crippen LogP contribution in [0.15, 0.2) is 0 Å². The van der Waals surface area contributed by atoms with Crippen LogP contribution >= 0.6 is 0 Å². The van der Waals surface area contributed by atoms with Crippen LogP contribution in [0.25, 0.3) is 0 Å². The Labute approximate surface area is 174 Å². The number of carbonyl (C=O) groups excluding carboxylic acids is 3. The molecule has 0 radical (unpaired) electrons. The van der Waals surface area contributed by atoms with Crippen molar-refractivity contribution in [3.63, 3.8) is 0 Å². The van der Waals surface area contributed by atoms with Gasteiger partial charge in [0.15, 0.2) is 0 Å². The maximum Gasteiger partial charge on any atom is 0.326 e. The summed E-state index contributed by atoms with van der Waals surface area (Å²) < 4.78 is 0. The van der Waals surface area contributed by atoms with E-state index in [9.17, 15) is 34.2 Å². The molecule has 12 nitrogen and oxygen atoms in total. The number of carboxylic acid groups (broad SMARTS) is 2. The lowest BCUT2D eigenvalue weighted by Crippen LogP contribution is -2.59. The van der Waals surface area contributed by atoms with E-state index < -0.39 is 59.9 Å². The van der Waals surface area contributed by atoms with Crippen molar-refractivity contribution in [2.45, 2.75) is 77.2 Å². The second-order valence-corrected chi connectivity index (χ2v) is 7.53. The molecule has 0 fully saturated rings. The van der Waals surface area contributed by atoms with Gasteiger partial charge in [-0.2, -0.15) is 0 Å². The smallest absolute Gasteiger partial charge is 0.326 e. The van der Waals surface area contributed by atoms with Gasteiger partial charge in [-0.1, -0.05) is 13.8 Å². The van der Waals surface area contributed by atoms with E-state index >= 15 is 0 Å². The van der Waals surface area contributed by atoms with Crippen molar-refractivity contribution in [1.29, 1.82) is 0 Å². The van der Waals surface area contributed by atoms with Crippen LogP contribution in [0, 0.1) is 5.92 Å². The molecule has 5 unspecified atom stereocenters. The SMILES string of the molecule is CC(C)CC(NC(=O)C(NC(=O)C(C)NC(=O)C(N)CCC(=O)O)C(C)O)C(=O)O. The van der Waals surface area contributed by atoms with Crippen LogP contribution in [0.3, 0.4) is 0 Å². The number of rotatable bonds is 13. The first kappa shape index (κ1) is 27.3. The second-order valence-electron chi connectivity index (χ2n) is 7.53. The maximum atomic E-state index is 12.4. The highest BCUT2D eigenvalue weighted by Crippen LogP contribution is 2.06. The van der Waals surface area contributed by atoms with Gasteiger partial charge in [-0.05, 0) is 32.6 Å². The lowest BCUT2D eigenvalue weighted by molar-refractivity contribution is -0.143. The Balaban J connectivity index is 4.97. The summed E-state index contributed by atoms with van der Waals surface area (Å²) in [6.45, 7) is 6.11. The Morgan fingerprint density at radius 2 is 1.43 bits per heavy atom. The van der Waals surface area contributed by atoms with Crippen LogP contribution in [0.2, 0.25) is 0 Å². The molecule has 0 aromatic heterocycles. The Morgan fingerprint density at radius 1 is 0.867 bits per heavy atom. The number of hydrogen-bond donors (Lipinski definition) is 7. The highest BCUT2D eigenvalue weighted by molar-refractivity contribution is 5.94. The molecule has 0 aromatic rings. The van der Waals surface area contributed by atoms with Crippen LogP contribution in [0.1, 0.15) is 47.0 Å². The number of aliphatic carboxylic acids is 2. The standard InChI is InChI=1S/C18H32N4O8/c1-8(2)7-12(18(29)30)21-17(28)14(10(4)23)22-15(26)9(3)20-16(27)11(19)5-6-13(24)25/h8-12,14,23H,5-7,19H2,1-4H3,(H,20,27)(H,21,28)(H,22,26)(H,24,25)(H,29,30). The van der Waals surface area contributed by atoms with Gasteiger partial charge in [0.25, 0.3) is 0 Å². The van der Waals surface area contributed by atoms with Gasteiger partial charge >= 0.3 is 11.9 Å². The molecule has 30 heavy (non-hydrogen) atoms. The summed E-state index contributed by atoms with van der Waals surface area (Å²) in [4.78, 5) is 58.5. The molecule has 0 saturated heterocycles. The number of carboxylic acids is 2. The molecular weight excluding hydrogens is 400 g/mol. The van der Waals surface area contributed by atoms with E-state index in [2.05, 4.69) is 16.0 Å². The number of carbonyl (C=O) groups is 5. The molecule has 0 aromatic carbocycles. The molecule has 0 heterocycles. The second kappa shape index (κ2) is 12.8. The molecule has 8 N–H and O–H groups in total.